The second-order valence-corrected chi connectivity index (χ2v) is 8.38. The minimum absolute atomic E-state index is 0.300. The molecule has 5 atom stereocenters. The first-order chi connectivity index (χ1) is 13.9. The maximum absolute atomic E-state index is 10.7. The van der Waals surface area contributed by atoms with Gasteiger partial charge in [-0.1, -0.05) is 43.7 Å². The van der Waals surface area contributed by atoms with E-state index in [-0.39, 0.29) is 0 Å². The van der Waals surface area contributed by atoms with Gasteiger partial charge in [0.1, 0.15) is 18.3 Å². The first kappa shape index (κ1) is 20.5. The van der Waals surface area contributed by atoms with Crippen LogP contribution in [-0.4, -0.2) is 39.7 Å². The third-order valence-corrected chi connectivity index (χ3v) is 6.24. The Hall–Kier alpha value is -1.76. The highest BCUT2D eigenvalue weighted by Gasteiger charge is 2.57. The largest absolute Gasteiger partial charge is 0.388 e. The summed E-state index contributed by atoms with van der Waals surface area (Å²) < 4.78 is 11.9. The van der Waals surface area contributed by atoms with Gasteiger partial charge in [-0.25, -0.2) is 0 Å². The van der Waals surface area contributed by atoms with Gasteiger partial charge in [0.2, 0.25) is 5.79 Å². The maximum atomic E-state index is 10.7. The highest BCUT2D eigenvalue weighted by atomic mass is 16.7. The van der Waals surface area contributed by atoms with Crippen molar-refractivity contribution in [3.05, 3.63) is 69.8 Å². The number of hydrogen-bond donors (Lipinski definition) is 3. The average Bonchev–Trinajstić information content (AvgIpc) is 3.05. The van der Waals surface area contributed by atoms with Crippen LogP contribution in [0.25, 0.3) is 0 Å². The van der Waals surface area contributed by atoms with Crippen LogP contribution in [0.3, 0.4) is 0 Å². The summed E-state index contributed by atoms with van der Waals surface area (Å²) in [6, 6.07) is 12.8. The molecule has 156 valence electrons. The summed E-state index contributed by atoms with van der Waals surface area (Å²) in [6.45, 7) is 6.23. The molecule has 5 nitrogen and oxygen atoms in total. The second-order valence-electron chi connectivity index (χ2n) is 8.38. The number of rotatable bonds is 4. The topological polar surface area (TPSA) is 79.2 Å². The zero-order chi connectivity index (χ0) is 20.8. The van der Waals surface area contributed by atoms with Crippen molar-refractivity contribution in [1.82, 2.24) is 0 Å². The first-order valence-corrected chi connectivity index (χ1v) is 10.4. The lowest BCUT2D eigenvalue weighted by Crippen LogP contribution is -2.62. The van der Waals surface area contributed by atoms with Crippen molar-refractivity contribution in [1.29, 1.82) is 0 Å². The van der Waals surface area contributed by atoms with Crippen LogP contribution in [0.15, 0.2) is 36.4 Å². The lowest BCUT2D eigenvalue weighted by Gasteiger charge is -2.45. The molecule has 1 fully saturated rings. The molecule has 5 heteroatoms. The first-order valence-electron chi connectivity index (χ1n) is 10.4. The van der Waals surface area contributed by atoms with Crippen LogP contribution in [0, 0.1) is 6.92 Å². The summed E-state index contributed by atoms with van der Waals surface area (Å²) in [5.41, 5.74) is 6.52. The molecule has 0 radical (unpaired) electrons. The van der Waals surface area contributed by atoms with Crippen LogP contribution in [0.5, 0.6) is 0 Å². The molecule has 4 rings (SSSR count). The van der Waals surface area contributed by atoms with Gasteiger partial charge in [-0.05, 0) is 60.6 Å². The van der Waals surface area contributed by atoms with Crippen molar-refractivity contribution in [2.24, 2.45) is 0 Å². The molecular weight excluding hydrogens is 368 g/mol. The van der Waals surface area contributed by atoms with Gasteiger partial charge in [-0.2, -0.15) is 0 Å². The fourth-order valence-corrected chi connectivity index (χ4v) is 4.49. The number of fused-ring (bicyclic) bond motifs is 2. The predicted octanol–water partition coefficient (Wildman–Crippen LogP) is 2.72. The van der Waals surface area contributed by atoms with E-state index in [0.29, 0.717) is 6.61 Å². The van der Waals surface area contributed by atoms with Crippen LogP contribution in [0.4, 0.5) is 0 Å². The maximum Gasteiger partial charge on any atom is 0.225 e. The Morgan fingerprint density at radius 1 is 1.03 bits per heavy atom. The molecule has 2 aliphatic rings. The molecule has 2 aliphatic heterocycles. The summed E-state index contributed by atoms with van der Waals surface area (Å²) >= 11 is 0. The number of ether oxygens (including phenoxy) is 2. The fourth-order valence-electron chi connectivity index (χ4n) is 4.49. The molecule has 2 aromatic carbocycles. The highest BCUT2D eigenvalue weighted by molar-refractivity contribution is 5.45. The molecule has 0 saturated carbocycles. The van der Waals surface area contributed by atoms with E-state index in [2.05, 4.69) is 44.2 Å². The van der Waals surface area contributed by atoms with Gasteiger partial charge < -0.3 is 24.8 Å². The van der Waals surface area contributed by atoms with Crippen molar-refractivity contribution in [2.75, 3.05) is 0 Å². The third-order valence-electron chi connectivity index (χ3n) is 6.24. The standard InChI is InChI=1S/C24H30O5/c1-4-5-16-6-8-17(9-7-16)11-18-12-20-19(10-14(18)2)13-28-24(20)23(27)22(26)21(25)15(3)29-24/h6-10,12,15,21-23,25-27H,4-5,11,13H2,1-3H3/t15-,21-,22+,23-,24+/m1/s1. The third kappa shape index (κ3) is 3.51. The normalized spacial score (nSPS) is 31.2. The number of aliphatic hydroxyl groups excluding tert-OH is 3. The fraction of sp³-hybridized carbons (Fsp3) is 0.500. The zero-order valence-electron chi connectivity index (χ0n) is 17.3. The van der Waals surface area contributed by atoms with Crippen LogP contribution < -0.4 is 0 Å². The Morgan fingerprint density at radius 3 is 2.41 bits per heavy atom. The molecule has 2 heterocycles. The number of aliphatic hydroxyl groups is 3. The Bertz CT molecular complexity index is 878. The number of benzene rings is 2. The summed E-state index contributed by atoms with van der Waals surface area (Å²) in [5.74, 6) is -1.44. The summed E-state index contributed by atoms with van der Waals surface area (Å²) in [4.78, 5) is 0. The van der Waals surface area contributed by atoms with E-state index in [1.165, 1.54) is 11.1 Å². The predicted molar refractivity (Wildman–Crippen MR) is 109 cm³/mol. The summed E-state index contributed by atoms with van der Waals surface area (Å²) in [7, 11) is 0. The van der Waals surface area contributed by atoms with Crippen molar-refractivity contribution in [2.45, 2.75) is 76.8 Å². The van der Waals surface area contributed by atoms with E-state index < -0.39 is 30.2 Å². The van der Waals surface area contributed by atoms with E-state index in [4.69, 9.17) is 9.47 Å². The molecule has 0 unspecified atom stereocenters. The Labute approximate surface area is 171 Å². The number of hydrogen-bond acceptors (Lipinski definition) is 5. The molecule has 0 amide bonds. The van der Waals surface area contributed by atoms with E-state index >= 15 is 0 Å². The van der Waals surface area contributed by atoms with Crippen LogP contribution in [-0.2, 0) is 34.7 Å². The minimum atomic E-state index is -1.44. The van der Waals surface area contributed by atoms with Gasteiger partial charge in [0.25, 0.3) is 0 Å². The lowest BCUT2D eigenvalue weighted by atomic mass is 9.85. The Balaban J connectivity index is 1.67. The van der Waals surface area contributed by atoms with Crippen molar-refractivity contribution < 1.29 is 24.8 Å². The number of aryl methyl sites for hydroxylation is 2. The summed E-state index contributed by atoms with van der Waals surface area (Å²) in [6.07, 6.45) is -1.53. The van der Waals surface area contributed by atoms with Crippen LogP contribution in [0.1, 0.15) is 53.6 Å². The minimum Gasteiger partial charge on any atom is -0.388 e. The van der Waals surface area contributed by atoms with E-state index in [1.54, 1.807) is 6.92 Å². The second kappa shape index (κ2) is 7.82. The van der Waals surface area contributed by atoms with E-state index in [0.717, 1.165) is 41.5 Å². The van der Waals surface area contributed by atoms with Gasteiger partial charge in [0.05, 0.1) is 12.7 Å². The molecule has 0 aromatic heterocycles. The molecule has 29 heavy (non-hydrogen) atoms. The average molecular weight is 398 g/mol. The molecular formula is C24H30O5. The van der Waals surface area contributed by atoms with Gasteiger partial charge in [0, 0.05) is 5.56 Å². The Morgan fingerprint density at radius 2 is 1.72 bits per heavy atom. The highest BCUT2D eigenvalue weighted by Crippen LogP contribution is 2.46. The SMILES string of the molecule is CCCc1ccc(Cc2cc3c(cc2C)CO[C@]32O[C@H](C)[C@@H](O)[C@H](O)[C@H]2O)cc1. The lowest BCUT2D eigenvalue weighted by molar-refractivity contribution is -0.362. The van der Waals surface area contributed by atoms with Gasteiger partial charge in [-0.3, -0.25) is 0 Å². The van der Waals surface area contributed by atoms with Gasteiger partial charge in [0.15, 0.2) is 0 Å². The van der Waals surface area contributed by atoms with Crippen LogP contribution in [0.2, 0.25) is 0 Å². The summed E-state index contributed by atoms with van der Waals surface area (Å²) in [5, 5.41) is 31.1. The van der Waals surface area contributed by atoms with E-state index in [9.17, 15) is 15.3 Å². The van der Waals surface area contributed by atoms with Crippen molar-refractivity contribution in [3.63, 3.8) is 0 Å². The van der Waals surface area contributed by atoms with Gasteiger partial charge >= 0.3 is 0 Å². The van der Waals surface area contributed by atoms with E-state index in [1.807, 2.05) is 6.07 Å². The smallest absolute Gasteiger partial charge is 0.225 e. The molecule has 0 aliphatic carbocycles. The van der Waals surface area contributed by atoms with Gasteiger partial charge in [-0.15, -0.1) is 0 Å². The van der Waals surface area contributed by atoms with Crippen molar-refractivity contribution in [3.8, 4) is 0 Å². The molecule has 3 N–H and O–H groups in total. The molecule has 0 bridgehead atoms. The zero-order valence-corrected chi connectivity index (χ0v) is 17.3. The van der Waals surface area contributed by atoms with Crippen molar-refractivity contribution >= 4 is 0 Å². The quantitative estimate of drug-likeness (QED) is 0.738. The molecule has 1 saturated heterocycles. The monoisotopic (exact) mass is 398 g/mol. The molecule has 2 aromatic rings. The van der Waals surface area contributed by atoms with Crippen LogP contribution >= 0.6 is 0 Å². The Kier molecular flexibility index (Phi) is 5.53. The molecule has 1 spiro atoms.